The van der Waals surface area contributed by atoms with Crippen LogP contribution in [0.4, 0.5) is 14.9 Å². The minimum absolute atomic E-state index is 0.0726. The van der Waals surface area contributed by atoms with Gasteiger partial charge in [-0.25, -0.2) is 14.0 Å². The lowest BCUT2D eigenvalue weighted by Crippen LogP contribution is -2.47. The molecule has 7 nitrogen and oxygen atoms in total. The zero-order valence-electron chi connectivity index (χ0n) is 23.8. The quantitative estimate of drug-likeness (QED) is 0.266. The van der Waals surface area contributed by atoms with Crippen LogP contribution in [0.2, 0.25) is 0 Å². The third kappa shape index (κ3) is 6.39. The Kier molecular flexibility index (Phi) is 8.38. The number of carbonyl (C=O) groups is 2. The Bertz CT molecular complexity index is 1560. The summed E-state index contributed by atoms with van der Waals surface area (Å²) in [6.07, 6.45) is -0.890. The topological polar surface area (TPSA) is 82.1 Å². The number of alkyl carbamates (subject to hydrolysis) is 1. The van der Waals surface area contributed by atoms with Gasteiger partial charge in [0, 0.05) is 50.7 Å². The van der Waals surface area contributed by atoms with Crippen molar-refractivity contribution in [2.45, 2.75) is 24.9 Å². The van der Waals surface area contributed by atoms with E-state index in [-0.39, 0.29) is 18.9 Å². The normalized spacial score (nSPS) is 15.4. The van der Waals surface area contributed by atoms with Crippen molar-refractivity contribution >= 4 is 17.7 Å². The number of piperazine rings is 1. The van der Waals surface area contributed by atoms with Crippen LogP contribution in [-0.2, 0) is 22.5 Å². The van der Waals surface area contributed by atoms with E-state index in [0.717, 1.165) is 60.7 Å². The van der Waals surface area contributed by atoms with E-state index >= 15 is 0 Å². The van der Waals surface area contributed by atoms with Crippen LogP contribution in [0.3, 0.4) is 0 Å². The number of halogens is 1. The van der Waals surface area contributed by atoms with Crippen LogP contribution < -0.4 is 10.2 Å². The van der Waals surface area contributed by atoms with E-state index in [0.29, 0.717) is 5.56 Å². The summed E-state index contributed by atoms with van der Waals surface area (Å²) >= 11 is 0. The van der Waals surface area contributed by atoms with Crippen LogP contribution in [0.25, 0.3) is 11.1 Å². The summed E-state index contributed by atoms with van der Waals surface area (Å²) < 4.78 is 20.0. The van der Waals surface area contributed by atoms with Gasteiger partial charge in [0.1, 0.15) is 18.5 Å². The standard InChI is InChI=1S/C35H34FN3O4/c36-26-14-15-33(39-18-16-38(17-19-39)22-24-8-2-1-3-9-24)25(20-26)21-32(34(40)41)37-35(42)43-23-31-29-12-6-4-10-27(29)28-11-5-7-13-30(28)31/h1-15,20,31-32H,16-19,21-23H2,(H,37,42)(H,40,41). The molecule has 1 aliphatic heterocycles. The number of aliphatic carboxylic acids is 1. The predicted molar refractivity (Wildman–Crippen MR) is 164 cm³/mol. The van der Waals surface area contributed by atoms with Crippen LogP contribution >= 0.6 is 0 Å². The number of fused-ring (bicyclic) bond motifs is 3. The van der Waals surface area contributed by atoms with Crippen LogP contribution in [0.15, 0.2) is 97.1 Å². The number of nitrogens with one attached hydrogen (secondary N) is 1. The lowest BCUT2D eigenvalue weighted by Gasteiger charge is -2.37. The minimum Gasteiger partial charge on any atom is -0.480 e. The summed E-state index contributed by atoms with van der Waals surface area (Å²) in [5, 5.41) is 12.5. The number of amides is 1. The Morgan fingerprint density at radius 3 is 2.14 bits per heavy atom. The smallest absolute Gasteiger partial charge is 0.407 e. The molecule has 0 bridgehead atoms. The first-order valence-corrected chi connectivity index (χ1v) is 14.6. The largest absolute Gasteiger partial charge is 0.480 e. The Morgan fingerprint density at radius 2 is 1.49 bits per heavy atom. The van der Waals surface area contributed by atoms with E-state index in [9.17, 15) is 19.1 Å². The predicted octanol–water partition coefficient (Wildman–Crippen LogP) is 5.68. The van der Waals surface area contributed by atoms with Gasteiger partial charge in [-0.15, -0.1) is 0 Å². The first-order chi connectivity index (χ1) is 21.0. The van der Waals surface area contributed by atoms with Crippen molar-refractivity contribution in [3.8, 4) is 11.1 Å². The summed E-state index contributed by atoms with van der Waals surface area (Å²) in [6.45, 7) is 4.03. The maximum absolute atomic E-state index is 14.4. The molecule has 4 aromatic rings. The lowest BCUT2D eigenvalue weighted by molar-refractivity contribution is -0.139. The molecule has 220 valence electrons. The number of ether oxygens (including phenoxy) is 1. The van der Waals surface area contributed by atoms with E-state index in [1.807, 2.05) is 54.6 Å². The van der Waals surface area contributed by atoms with Crippen molar-refractivity contribution in [3.63, 3.8) is 0 Å². The van der Waals surface area contributed by atoms with Crippen LogP contribution in [0.1, 0.15) is 28.2 Å². The van der Waals surface area contributed by atoms with Crippen molar-refractivity contribution < 1.29 is 23.8 Å². The number of benzene rings is 4. The van der Waals surface area contributed by atoms with Gasteiger partial charge in [-0.1, -0.05) is 78.9 Å². The molecule has 1 unspecified atom stereocenters. The molecule has 1 fully saturated rings. The molecular formula is C35H34FN3O4. The van der Waals surface area contributed by atoms with Crippen molar-refractivity contribution in [2.24, 2.45) is 0 Å². The summed E-state index contributed by atoms with van der Waals surface area (Å²) in [5.41, 5.74) is 6.91. The lowest BCUT2D eigenvalue weighted by atomic mass is 9.98. The number of carboxylic acids is 1. The molecule has 0 aromatic heterocycles. The van der Waals surface area contributed by atoms with Gasteiger partial charge in [-0.2, -0.15) is 0 Å². The van der Waals surface area contributed by atoms with Gasteiger partial charge in [-0.3, -0.25) is 4.90 Å². The zero-order valence-corrected chi connectivity index (χ0v) is 23.8. The first-order valence-electron chi connectivity index (χ1n) is 14.6. The van der Waals surface area contributed by atoms with E-state index in [1.165, 1.54) is 17.7 Å². The van der Waals surface area contributed by atoms with E-state index < -0.39 is 23.9 Å². The molecule has 1 atom stereocenters. The van der Waals surface area contributed by atoms with Crippen LogP contribution in [0.5, 0.6) is 0 Å². The van der Waals surface area contributed by atoms with E-state index in [4.69, 9.17) is 4.74 Å². The van der Waals surface area contributed by atoms with Gasteiger partial charge < -0.3 is 20.1 Å². The minimum atomic E-state index is -1.28. The highest BCUT2D eigenvalue weighted by molar-refractivity contribution is 5.81. The maximum Gasteiger partial charge on any atom is 0.407 e. The number of carbonyl (C=O) groups excluding carboxylic acids is 1. The summed E-state index contributed by atoms with van der Waals surface area (Å²) in [6, 6.07) is 29.5. The molecule has 1 aliphatic carbocycles. The molecule has 1 amide bonds. The summed E-state index contributed by atoms with van der Waals surface area (Å²) in [4.78, 5) is 29.6. The molecule has 8 heteroatoms. The van der Waals surface area contributed by atoms with Crippen molar-refractivity contribution in [2.75, 3.05) is 37.7 Å². The molecule has 1 saturated heterocycles. The fourth-order valence-electron chi connectivity index (χ4n) is 6.22. The zero-order chi connectivity index (χ0) is 29.8. The number of hydrogen-bond acceptors (Lipinski definition) is 5. The summed E-state index contributed by atoms with van der Waals surface area (Å²) in [7, 11) is 0. The molecule has 6 rings (SSSR count). The van der Waals surface area contributed by atoms with Gasteiger partial charge in [-0.05, 0) is 51.6 Å². The van der Waals surface area contributed by atoms with E-state index in [2.05, 4.69) is 39.4 Å². The number of anilines is 1. The SMILES string of the molecule is O=C(NC(Cc1cc(F)ccc1N1CCN(Cc2ccccc2)CC1)C(=O)O)OCC1c2ccccc2-c2ccccc21. The summed E-state index contributed by atoms with van der Waals surface area (Å²) in [5.74, 6) is -1.81. The maximum atomic E-state index is 14.4. The molecule has 0 spiro atoms. The van der Waals surface area contributed by atoms with Crippen LogP contribution in [0, 0.1) is 5.82 Å². The Morgan fingerprint density at radius 1 is 0.860 bits per heavy atom. The van der Waals surface area contributed by atoms with E-state index in [1.54, 1.807) is 6.07 Å². The fraction of sp³-hybridized carbons (Fsp3) is 0.257. The molecule has 0 saturated carbocycles. The second kappa shape index (κ2) is 12.7. The van der Waals surface area contributed by atoms with Gasteiger partial charge in [0.15, 0.2) is 0 Å². The molecule has 0 radical (unpaired) electrons. The van der Waals surface area contributed by atoms with Crippen LogP contribution in [-0.4, -0.2) is 60.9 Å². The second-order valence-electron chi connectivity index (χ2n) is 11.1. The average molecular weight is 580 g/mol. The van der Waals surface area contributed by atoms with Gasteiger partial charge in [0.05, 0.1) is 0 Å². The van der Waals surface area contributed by atoms with Gasteiger partial charge in [0.25, 0.3) is 0 Å². The molecule has 2 N–H and O–H groups in total. The Labute approximate surface area is 250 Å². The van der Waals surface area contributed by atoms with Gasteiger partial charge in [0.2, 0.25) is 0 Å². The molecule has 1 heterocycles. The third-order valence-electron chi connectivity index (χ3n) is 8.36. The number of rotatable bonds is 9. The fourth-order valence-corrected chi connectivity index (χ4v) is 6.22. The Hall–Kier alpha value is -4.69. The number of nitrogens with zero attached hydrogens (tertiary/aromatic N) is 2. The van der Waals surface area contributed by atoms with Crippen molar-refractivity contribution in [3.05, 3.63) is 125 Å². The number of carboxylic acid groups (broad SMARTS) is 1. The van der Waals surface area contributed by atoms with Gasteiger partial charge >= 0.3 is 12.1 Å². The average Bonchev–Trinajstić information content (AvgIpc) is 3.34. The third-order valence-corrected chi connectivity index (χ3v) is 8.36. The highest BCUT2D eigenvalue weighted by atomic mass is 19.1. The van der Waals surface area contributed by atoms with Crippen molar-refractivity contribution in [1.82, 2.24) is 10.2 Å². The monoisotopic (exact) mass is 579 g/mol. The molecular weight excluding hydrogens is 545 g/mol. The number of hydrogen-bond donors (Lipinski definition) is 2. The highest BCUT2D eigenvalue weighted by Crippen LogP contribution is 2.44. The molecule has 4 aromatic carbocycles. The highest BCUT2D eigenvalue weighted by Gasteiger charge is 2.30. The Balaban J connectivity index is 1.10. The molecule has 43 heavy (non-hydrogen) atoms. The second-order valence-corrected chi connectivity index (χ2v) is 11.1. The van der Waals surface area contributed by atoms with Crippen molar-refractivity contribution in [1.29, 1.82) is 0 Å². The molecule has 2 aliphatic rings. The first kappa shape index (κ1) is 28.4.